The molecule has 0 aliphatic rings. The van der Waals surface area contributed by atoms with Crippen molar-refractivity contribution >= 4 is 5.91 Å². The van der Waals surface area contributed by atoms with Crippen molar-refractivity contribution in [1.29, 1.82) is 0 Å². The molecular weight excluding hydrogens is 354 g/mol. The second-order valence-corrected chi connectivity index (χ2v) is 6.17. The predicted molar refractivity (Wildman–Crippen MR) is 108 cm³/mol. The number of hydrogen-bond acceptors (Lipinski definition) is 4. The maximum absolute atomic E-state index is 12.5. The number of amides is 1. The molecule has 1 amide bonds. The molecule has 3 rings (SSSR count). The minimum atomic E-state index is -0.177. The molecule has 0 radical (unpaired) electrons. The van der Waals surface area contributed by atoms with Crippen LogP contribution < -0.4 is 19.5 Å². The number of carbonyl (C=O) groups excluding carboxylic acids is 1. The zero-order chi connectivity index (χ0) is 19.8. The lowest BCUT2D eigenvalue weighted by Gasteiger charge is -2.12. The van der Waals surface area contributed by atoms with Crippen LogP contribution in [0.1, 0.15) is 21.5 Å². The molecule has 0 unspecified atom stereocenters. The van der Waals surface area contributed by atoms with Gasteiger partial charge in [-0.05, 0) is 41.5 Å². The molecule has 0 spiro atoms. The van der Waals surface area contributed by atoms with Gasteiger partial charge in [0, 0.05) is 12.1 Å². The van der Waals surface area contributed by atoms with E-state index in [9.17, 15) is 4.79 Å². The van der Waals surface area contributed by atoms with E-state index in [0.717, 1.165) is 16.9 Å². The van der Waals surface area contributed by atoms with Crippen molar-refractivity contribution < 1.29 is 19.0 Å². The van der Waals surface area contributed by atoms with Crippen molar-refractivity contribution in [2.24, 2.45) is 0 Å². The number of methoxy groups -OCH3 is 2. The highest BCUT2D eigenvalue weighted by Crippen LogP contribution is 2.29. The number of benzene rings is 3. The molecule has 5 nitrogen and oxygen atoms in total. The molecule has 0 fully saturated rings. The van der Waals surface area contributed by atoms with E-state index in [1.54, 1.807) is 32.4 Å². The molecule has 1 N–H and O–H groups in total. The minimum absolute atomic E-state index is 0.177. The normalized spacial score (nSPS) is 10.2. The molecule has 3 aromatic carbocycles. The number of rotatable bonds is 8. The van der Waals surface area contributed by atoms with E-state index in [1.807, 2.05) is 54.6 Å². The molecule has 144 valence electrons. The van der Waals surface area contributed by atoms with Crippen LogP contribution in [-0.4, -0.2) is 20.1 Å². The van der Waals surface area contributed by atoms with Gasteiger partial charge in [0.15, 0.2) is 11.5 Å². The van der Waals surface area contributed by atoms with Gasteiger partial charge in [-0.3, -0.25) is 4.79 Å². The Kier molecular flexibility index (Phi) is 6.52. The highest BCUT2D eigenvalue weighted by atomic mass is 16.5. The molecule has 0 aliphatic carbocycles. The highest BCUT2D eigenvalue weighted by molar-refractivity contribution is 5.94. The van der Waals surface area contributed by atoms with E-state index in [-0.39, 0.29) is 5.91 Å². The van der Waals surface area contributed by atoms with Gasteiger partial charge in [0.05, 0.1) is 14.2 Å². The standard InChI is InChI=1S/C23H23NO4/c1-26-20-11-8-17(9-12-20)15-24-23(25)19-10-13-21(22(14-19)27-2)28-16-18-6-4-3-5-7-18/h3-14H,15-16H2,1-2H3,(H,24,25). The molecule has 0 saturated heterocycles. The van der Waals surface area contributed by atoms with E-state index < -0.39 is 0 Å². The number of ether oxygens (including phenoxy) is 3. The van der Waals surface area contributed by atoms with Crippen LogP contribution in [0.25, 0.3) is 0 Å². The Morgan fingerprint density at radius 3 is 2.25 bits per heavy atom. The quantitative estimate of drug-likeness (QED) is 0.639. The SMILES string of the molecule is COc1ccc(CNC(=O)c2ccc(OCc3ccccc3)c(OC)c2)cc1. The maximum Gasteiger partial charge on any atom is 0.251 e. The molecule has 5 heteroatoms. The first-order valence-electron chi connectivity index (χ1n) is 8.95. The zero-order valence-electron chi connectivity index (χ0n) is 16.0. The Hall–Kier alpha value is -3.47. The van der Waals surface area contributed by atoms with Gasteiger partial charge in [-0.1, -0.05) is 42.5 Å². The fourth-order valence-corrected chi connectivity index (χ4v) is 2.69. The van der Waals surface area contributed by atoms with E-state index in [0.29, 0.717) is 30.2 Å². The Labute approximate surface area is 164 Å². The lowest BCUT2D eigenvalue weighted by atomic mass is 10.1. The minimum Gasteiger partial charge on any atom is -0.497 e. The van der Waals surface area contributed by atoms with Gasteiger partial charge in [0.25, 0.3) is 5.91 Å². The van der Waals surface area contributed by atoms with Crippen LogP contribution in [0, 0.1) is 0 Å². The smallest absolute Gasteiger partial charge is 0.251 e. The average Bonchev–Trinajstić information content (AvgIpc) is 2.77. The molecule has 0 bridgehead atoms. The number of hydrogen-bond donors (Lipinski definition) is 1. The van der Waals surface area contributed by atoms with Gasteiger partial charge >= 0.3 is 0 Å². The topological polar surface area (TPSA) is 56.8 Å². The lowest BCUT2D eigenvalue weighted by Crippen LogP contribution is -2.22. The summed E-state index contributed by atoms with van der Waals surface area (Å²) < 4.78 is 16.4. The van der Waals surface area contributed by atoms with E-state index in [4.69, 9.17) is 14.2 Å². The molecule has 3 aromatic rings. The van der Waals surface area contributed by atoms with Crippen molar-refractivity contribution in [1.82, 2.24) is 5.32 Å². The number of nitrogens with one attached hydrogen (secondary N) is 1. The molecular formula is C23H23NO4. The summed E-state index contributed by atoms with van der Waals surface area (Å²) in [4.78, 5) is 12.5. The van der Waals surface area contributed by atoms with Gasteiger partial charge in [0.2, 0.25) is 0 Å². The van der Waals surface area contributed by atoms with Crippen LogP contribution >= 0.6 is 0 Å². The second kappa shape index (κ2) is 9.46. The molecule has 28 heavy (non-hydrogen) atoms. The zero-order valence-corrected chi connectivity index (χ0v) is 16.0. The van der Waals surface area contributed by atoms with Crippen LogP contribution in [0.5, 0.6) is 17.2 Å². The molecule has 0 aliphatic heterocycles. The third kappa shape index (κ3) is 5.04. The van der Waals surface area contributed by atoms with E-state index in [2.05, 4.69) is 5.32 Å². The summed E-state index contributed by atoms with van der Waals surface area (Å²) in [6.45, 7) is 0.859. The lowest BCUT2D eigenvalue weighted by molar-refractivity contribution is 0.0950. The first kappa shape index (κ1) is 19.3. The van der Waals surface area contributed by atoms with E-state index >= 15 is 0 Å². The van der Waals surface area contributed by atoms with Gasteiger partial charge in [0.1, 0.15) is 12.4 Å². The van der Waals surface area contributed by atoms with Gasteiger partial charge < -0.3 is 19.5 Å². The van der Waals surface area contributed by atoms with Gasteiger partial charge in [-0.25, -0.2) is 0 Å². The fourth-order valence-electron chi connectivity index (χ4n) is 2.69. The summed E-state index contributed by atoms with van der Waals surface area (Å²) in [6.07, 6.45) is 0. The van der Waals surface area contributed by atoms with Crippen LogP contribution in [0.4, 0.5) is 0 Å². The molecule has 0 saturated carbocycles. The molecule has 0 heterocycles. The predicted octanol–water partition coefficient (Wildman–Crippen LogP) is 4.21. The van der Waals surface area contributed by atoms with Gasteiger partial charge in [-0.15, -0.1) is 0 Å². The van der Waals surface area contributed by atoms with Crippen molar-refractivity contribution in [2.75, 3.05) is 14.2 Å². The Bertz CT molecular complexity index is 908. The highest BCUT2D eigenvalue weighted by Gasteiger charge is 2.11. The van der Waals surface area contributed by atoms with Crippen molar-refractivity contribution in [3.63, 3.8) is 0 Å². The first-order valence-corrected chi connectivity index (χ1v) is 8.95. The van der Waals surface area contributed by atoms with Crippen LogP contribution in [0.2, 0.25) is 0 Å². The Morgan fingerprint density at radius 1 is 0.821 bits per heavy atom. The summed E-state index contributed by atoms with van der Waals surface area (Å²) >= 11 is 0. The monoisotopic (exact) mass is 377 g/mol. The van der Waals surface area contributed by atoms with Crippen molar-refractivity contribution in [2.45, 2.75) is 13.2 Å². The van der Waals surface area contributed by atoms with Crippen LogP contribution in [0.3, 0.4) is 0 Å². The first-order chi connectivity index (χ1) is 13.7. The fraction of sp³-hybridized carbons (Fsp3) is 0.174. The van der Waals surface area contributed by atoms with Crippen LogP contribution in [-0.2, 0) is 13.2 Å². The summed E-state index contributed by atoms with van der Waals surface area (Å²) in [5.41, 5.74) is 2.56. The summed E-state index contributed by atoms with van der Waals surface area (Å²) in [5, 5.41) is 2.91. The number of carbonyl (C=O) groups is 1. The van der Waals surface area contributed by atoms with Crippen molar-refractivity contribution in [3.05, 3.63) is 89.5 Å². The van der Waals surface area contributed by atoms with Gasteiger partial charge in [-0.2, -0.15) is 0 Å². The average molecular weight is 377 g/mol. The second-order valence-electron chi connectivity index (χ2n) is 6.17. The summed E-state index contributed by atoms with van der Waals surface area (Å²) in [6, 6.07) is 22.6. The van der Waals surface area contributed by atoms with Crippen LogP contribution in [0.15, 0.2) is 72.8 Å². The largest absolute Gasteiger partial charge is 0.497 e. The van der Waals surface area contributed by atoms with E-state index in [1.165, 1.54) is 0 Å². The third-order valence-electron chi connectivity index (χ3n) is 4.28. The Morgan fingerprint density at radius 2 is 1.57 bits per heavy atom. The summed E-state index contributed by atoms with van der Waals surface area (Å²) in [5.74, 6) is 1.72. The third-order valence-corrected chi connectivity index (χ3v) is 4.28. The maximum atomic E-state index is 12.5. The molecule has 0 aromatic heterocycles. The Balaban J connectivity index is 1.62. The summed E-state index contributed by atoms with van der Waals surface area (Å²) in [7, 11) is 3.18. The van der Waals surface area contributed by atoms with Crippen molar-refractivity contribution in [3.8, 4) is 17.2 Å². The molecule has 0 atom stereocenters.